The normalized spacial score (nSPS) is 31.1. The number of carbonyl (C=O) groups excluding carboxylic acids is 2. The van der Waals surface area contributed by atoms with E-state index in [2.05, 4.69) is 53.5 Å². The van der Waals surface area contributed by atoms with Crippen LogP contribution in [0.5, 0.6) is 0 Å². The lowest BCUT2D eigenvalue weighted by Gasteiger charge is -2.53. The number of aliphatic hydroxyl groups is 1. The molecular formula is C32H45N5O3S. The molecule has 0 unspecified atom stereocenters. The predicted octanol–water partition coefficient (Wildman–Crippen LogP) is 4.11. The predicted molar refractivity (Wildman–Crippen MR) is 162 cm³/mol. The molecule has 0 radical (unpaired) electrons. The van der Waals surface area contributed by atoms with Gasteiger partial charge in [-0.25, -0.2) is 4.98 Å². The van der Waals surface area contributed by atoms with E-state index in [0.717, 1.165) is 70.5 Å². The monoisotopic (exact) mass is 579 g/mol. The second-order valence-electron chi connectivity index (χ2n) is 13.5. The lowest BCUT2D eigenvalue weighted by Crippen LogP contribution is -2.53. The zero-order valence-electron chi connectivity index (χ0n) is 24.9. The molecule has 2 aromatic rings. The van der Waals surface area contributed by atoms with Crippen molar-refractivity contribution in [2.24, 2.45) is 23.2 Å². The van der Waals surface area contributed by atoms with Gasteiger partial charge in [-0.2, -0.15) is 0 Å². The summed E-state index contributed by atoms with van der Waals surface area (Å²) in [5.74, 6) is -0.237. The minimum Gasteiger partial charge on any atom is -0.392 e. The number of aromatic nitrogens is 1. The molecule has 0 spiro atoms. The second-order valence-corrected chi connectivity index (χ2v) is 14.6. The van der Waals surface area contributed by atoms with Crippen LogP contribution in [-0.2, 0) is 17.8 Å². The summed E-state index contributed by atoms with van der Waals surface area (Å²) >= 11 is 1.57. The van der Waals surface area contributed by atoms with Crippen molar-refractivity contribution in [3.63, 3.8) is 0 Å². The van der Waals surface area contributed by atoms with Crippen LogP contribution in [0.2, 0.25) is 0 Å². The Morgan fingerprint density at radius 3 is 2.54 bits per heavy atom. The summed E-state index contributed by atoms with van der Waals surface area (Å²) in [5.41, 5.74) is 2.79. The number of anilines is 1. The molecule has 2 saturated carbocycles. The number of thiazole rings is 1. The summed E-state index contributed by atoms with van der Waals surface area (Å²) in [7, 11) is 2.16. The van der Waals surface area contributed by atoms with E-state index in [1.165, 1.54) is 10.4 Å². The highest BCUT2D eigenvalue weighted by Gasteiger charge is 2.54. The fourth-order valence-electron chi connectivity index (χ4n) is 7.55. The number of hydrogen-bond acceptors (Lipinski definition) is 7. The molecule has 9 heteroatoms. The Bertz CT molecular complexity index is 1270. The third kappa shape index (κ3) is 5.96. The van der Waals surface area contributed by atoms with Gasteiger partial charge in [0.1, 0.15) is 0 Å². The van der Waals surface area contributed by atoms with Gasteiger partial charge in [-0.05, 0) is 74.1 Å². The maximum absolute atomic E-state index is 13.1. The average molecular weight is 580 g/mol. The highest BCUT2D eigenvalue weighted by molar-refractivity contribution is 7.15. The van der Waals surface area contributed by atoms with Crippen molar-refractivity contribution in [3.05, 3.63) is 46.0 Å². The van der Waals surface area contributed by atoms with Gasteiger partial charge in [0.25, 0.3) is 5.91 Å². The van der Waals surface area contributed by atoms with Crippen molar-refractivity contribution in [1.29, 1.82) is 0 Å². The van der Waals surface area contributed by atoms with E-state index in [9.17, 15) is 14.7 Å². The second kappa shape index (κ2) is 11.4. The Morgan fingerprint density at radius 2 is 1.85 bits per heavy atom. The van der Waals surface area contributed by atoms with E-state index < -0.39 is 6.10 Å². The number of piperazine rings is 1. The molecule has 41 heavy (non-hydrogen) atoms. The number of aliphatic hydroxyl groups excluding tert-OH is 1. The fourth-order valence-corrected chi connectivity index (χ4v) is 8.81. The minimum absolute atomic E-state index is 0.0309. The Kier molecular flexibility index (Phi) is 8.00. The molecule has 3 fully saturated rings. The van der Waals surface area contributed by atoms with Crippen molar-refractivity contribution in [2.75, 3.05) is 38.5 Å². The Balaban J connectivity index is 1.11. The van der Waals surface area contributed by atoms with Crippen LogP contribution in [0, 0.1) is 23.2 Å². The summed E-state index contributed by atoms with van der Waals surface area (Å²) in [6.45, 7) is 11.6. The summed E-state index contributed by atoms with van der Waals surface area (Å²) < 4.78 is 0. The van der Waals surface area contributed by atoms with Crippen molar-refractivity contribution >= 4 is 28.3 Å². The van der Waals surface area contributed by atoms with Gasteiger partial charge >= 0.3 is 0 Å². The maximum atomic E-state index is 13.1. The molecule has 1 aromatic heterocycles. The van der Waals surface area contributed by atoms with E-state index in [-0.39, 0.29) is 40.9 Å². The van der Waals surface area contributed by atoms with Gasteiger partial charge in [-0.3, -0.25) is 19.8 Å². The van der Waals surface area contributed by atoms with E-state index in [0.29, 0.717) is 16.7 Å². The number of amides is 2. The minimum atomic E-state index is -0.555. The van der Waals surface area contributed by atoms with Crippen LogP contribution < -0.4 is 10.6 Å². The molecule has 1 aliphatic heterocycles. The molecule has 6 rings (SSSR count). The van der Waals surface area contributed by atoms with Crippen LogP contribution in [0.15, 0.2) is 24.3 Å². The first kappa shape index (κ1) is 28.8. The lowest BCUT2D eigenvalue weighted by molar-refractivity contribution is -0.134. The van der Waals surface area contributed by atoms with Crippen molar-refractivity contribution in [1.82, 2.24) is 20.1 Å². The average Bonchev–Trinajstić information content (AvgIpc) is 3.67. The summed E-state index contributed by atoms with van der Waals surface area (Å²) in [5, 5.41) is 18.5. The van der Waals surface area contributed by atoms with Gasteiger partial charge in [0, 0.05) is 61.0 Å². The number of hydrogen-bond donors (Lipinski definition) is 3. The third-order valence-corrected chi connectivity index (χ3v) is 11.3. The number of carbonyl (C=O) groups is 2. The van der Waals surface area contributed by atoms with Crippen LogP contribution in [0.1, 0.15) is 78.9 Å². The Hall–Kier alpha value is -2.33. The lowest BCUT2D eigenvalue weighted by atomic mass is 9.53. The van der Waals surface area contributed by atoms with Gasteiger partial charge < -0.3 is 15.3 Å². The van der Waals surface area contributed by atoms with E-state index in [4.69, 9.17) is 4.98 Å². The standard InChI is InChI=1S/C32H45N5O3S/c1-19(29(39)33-23-9-10-23)24-11-12-32(3)17-25-27(20(2)26(32)28(24)38)34-31(41-25)35-30(40)22-7-5-21(6-8-22)18-37-15-13-36(4)14-16-37/h5-8,19-20,23-24,26,28,38H,9-18H2,1-4H3,(H,33,39)(H,34,35,40)/t19-,20-,24+,26+,28-,32-/m0/s1. The van der Waals surface area contributed by atoms with Gasteiger partial charge in [0.05, 0.1) is 11.8 Å². The molecular weight excluding hydrogens is 534 g/mol. The van der Waals surface area contributed by atoms with Gasteiger partial charge in [-0.1, -0.05) is 32.9 Å². The SMILES string of the molecule is C[C@H](C(=O)NC1CC1)[C@H]1CC[C@@]2(C)Cc3sc(NC(=O)c4ccc(CN5CCN(C)CC5)cc4)nc3[C@@H](C)[C@@H]2[C@H]1O. The van der Waals surface area contributed by atoms with E-state index >= 15 is 0 Å². The van der Waals surface area contributed by atoms with Gasteiger partial charge in [-0.15, -0.1) is 11.3 Å². The quantitative estimate of drug-likeness (QED) is 0.457. The number of likely N-dealkylation sites (N-methyl/N-ethyl adjacent to an activating group) is 1. The molecule has 6 atom stereocenters. The van der Waals surface area contributed by atoms with Gasteiger partial charge in [0.15, 0.2) is 5.13 Å². The van der Waals surface area contributed by atoms with Crippen LogP contribution in [0.4, 0.5) is 5.13 Å². The molecule has 1 aromatic carbocycles. The number of benzene rings is 1. The van der Waals surface area contributed by atoms with Crippen LogP contribution in [-0.4, -0.2) is 77.1 Å². The molecule has 4 aliphatic rings. The molecule has 2 amide bonds. The first-order valence-electron chi connectivity index (χ1n) is 15.4. The van der Waals surface area contributed by atoms with Crippen LogP contribution >= 0.6 is 11.3 Å². The van der Waals surface area contributed by atoms with Crippen LogP contribution in [0.3, 0.4) is 0 Å². The maximum Gasteiger partial charge on any atom is 0.257 e. The molecule has 0 bridgehead atoms. The Morgan fingerprint density at radius 1 is 1.15 bits per heavy atom. The largest absolute Gasteiger partial charge is 0.392 e. The highest BCUT2D eigenvalue weighted by Crippen LogP contribution is 2.57. The summed E-state index contributed by atoms with van der Waals surface area (Å²) in [6.07, 6.45) is 4.25. The van der Waals surface area contributed by atoms with Crippen LogP contribution in [0.25, 0.3) is 0 Å². The van der Waals surface area contributed by atoms with Gasteiger partial charge in [0.2, 0.25) is 5.91 Å². The van der Waals surface area contributed by atoms with Crippen molar-refractivity contribution in [3.8, 4) is 0 Å². The molecule has 3 aliphatic carbocycles. The highest BCUT2D eigenvalue weighted by atomic mass is 32.1. The molecule has 222 valence electrons. The molecule has 1 saturated heterocycles. The van der Waals surface area contributed by atoms with E-state index in [1.54, 1.807) is 11.3 Å². The first-order chi connectivity index (χ1) is 19.6. The molecule has 8 nitrogen and oxygen atoms in total. The smallest absolute Gasteiger partial charge is 0.257 e. The zero-order chi connectivity index (χ0) is 28.9. The molecule has 2 heterocycles. The number of rotatable bonds is 7. The number of nitrogens with zero attached hydrogens (tertiary/aromatic N) is 3. The fraction of sp³-hybridized carbons (Fsp3) is 0.656. The van der Waals surface area contributed by atoms with Crippen molar-refractivity contribution in [2.45, 2.75) is 77.5 Å². The third-order valence-electron chi connectivity index (χ3n) is 10.3. The zero-order valence-corrected chi connectivity index (χ0v) is 25.7. The Labute approximate surface area is 247 Å². The summed E-state index contributed by atoms with van der Waals surface area (Å²) in [6, 6.07) is 8.25. The van der Waals surface area contributed by atoms with E-state index in [1.807, 2.05) is 19.1 Å². The topological polar surface area (TPSA) is 97.8 Å². The molecule has 3 N–H and O–H groups in total. The van der Waals surface area contributed by atoms with Crippen molar-refractivity contribution < 1.29 is 14.7 Å². The number of nitrogens with one attached hydrogen (secondary N) is 2. The first-order valence-corrected chi connectivity index (χ1v) is 16.2. The number of fused-ring (bicyclic) bond motifs is 2. The summed E-state index contributed by atoms with van der Waals surface area (Å²) in [4.78, 5) is 36.9.